The number of hydrogen-bond donors (Lipinski definition) is 0. The van der Waals surface area contributed by atoms with E-state index in [1.807, 2.05) is 39.0 Å². The first-order chi connectivity index (χ1) is 10.7. The topological polar surface area (TPSA) is 38.8 Å². The minimum absolute atomic E-state index is 0.163. The summed E-state index contributed by atoms with van der Waals surface area (Å²) >= 11 is 9.46. The van der Waals surface area contributed by atoms with Crippen molar-refractivity contribution in [2.75, 3.05) is 13.1 Å². The van der Waals surface area contributed by atoms with Gasteiger partial charge in [-0.3, -0.25) is 0 Å². The normalized spacial score (nSPS) is 16.5. The second kappa shape index (κ2) is 7.86. The summed E-state index contributed by atoms with van der Waals surface area (Å²) in [5, 5.41) is 0.686. The first-order valence-electron chi connectivity index (χ1n) is 7.78. The van der Waals surface area contributed by atoms with E-state index >= 15 is 0 Å². The Labute approximate surface area is 151 Å². The van der Waals surface area contributed by atoms with Gasteiger partial charge in [0.15, 0.2) is 0 Å². The summed E-state index contributed by atoms with van der Waals surface area (Å²) in [6.45, 7) is 7.50. The molecule has 0 saturated carbocycles. The Morgan fingerprint density at radius 1 is 1.35 bits per heavy atom. The molecule has 0 aromatic heterocycles. The van der Waals surface area contributed by atoms with E-state index in [1.165, 1.54) is 0 Å². The standard InChI is InChI=1S/C17H23BrClNO3/c1-17(2,3)23-16(21)20-8-6-13(7-9-20)22-11-12-4-5-14(18)15(19)10-12/h4-5,10,13H,6-9,11H2,1-3H3. The molecular formula is C17H23BrClNO3. The van der Waals surface area contributed by atoms with Crippen LogP contribution in [0.3, 0.4) is 0 Å². The van der Waals surface area contributed by atoms with E-state index in [1.54, 1.807) is 4.90 Å². The van der Waals surface area contributed by atoms with Gasteiger partial charge in [-0.25, -0.2) is 4.79 Å². The van der Waals surface area contributed by atoms with E-state index in [2.05, 4.69) is 15.9 Å². The van der Waals surface area contributed by atoms with Gasteiger partial charge in [-0.2, -0.15) is 0 Å². The lowest BCUT2D eigenvalue weighted by atomic mass is 10.1. The molecule has 0 aliphatic carbocycles. The minimum atomic E-state index is -0.453. The third kappa shape index (κ3) is 5.98. The molecule has 4 nitrogen and oxygen atoms in total. The summed E-state index contributed by atoms with van der Waals surface area (Å²) in [5.74, 6) is 0. The van der Waals surface area contributed by atoms with Gasteiger partial charge in [0.1, 0.15) is 5.60 Å². The Balaban J connectivity index is 1.76. The van der Waals surface area contributed by atoms with Crippen LogP contribution >= 0.6 is 27.5 Å². The van der Waals surface area contributed by atoms with E-state index in [9.17, 15) is 4.79 Å². The van der Waals surface area contributed by atoms with Gasteiger partial charge >= 0.3 is 6.09 Å². The number of carbonyl (C=O) groups excluding carboxylic acids is 1. The monoisotopic (exact) mass is 403 g/mol. The second-order valence-corrected chi connectivity index (χ2v) is 7.99. The number of hydrogen-bond acceptors (Lipinski definition) is 3. The van der Waals surface area contributed by atoms with Crippen LogP contribution in [0.1, 0.15) is 39.2 Å². The fourth-order valence-corrected chi connectivity index (χ4v) is 2.82. The number of amides is 1. The van der Waals surface area contributed by atoms with Crippen LogP contribution in [0, 0.1) is 0 Å². The molecule has 0 bridgehead atoms. The Morgan fingerprint density at radius 3 is 2.57 bits per heavy atom. The van der Waals surface area contributed by atoms with Gasteiger partial charge in [-0.05, 0) is 67.2 Å². The molecule has 1 saturated heterocycles. The molecule has 1 aliphatic rings. The third-order valence-electron chi connectivity index (χ3n) is 3.56. The Morgan fingerprint density at radius 2 is 2.00 bits per heavy atom. The van der Waals surface area contributed by atoms with Crippen molar-refractivity contribution in [1.82, 2.24) is 4.90 Å². The highest BCUT2D eigenvalue weighted by Gasteiger charge is 2.27. The molecule has 1 amide bonds. The SMILES string of the molecule is CC(C)(C)OC(=O)N1CCC(OCc2ccc(Br)c(Cl)c2)CC1. The van der Waals surface area contributed by atoms with Crippen LogP contribution in [0.2, 0.25) is 5.02 Å². The van der Waals surface area contributed by atoms with Gasteiger partial charge in [0.05, 0.1) is 17.7 Å². The van der Waals surface area contributed by atoms with Crippen molar-refractivity contribution in [3.63, 3.8) is 0 Å². The molecule has 0 N–H and O–H groups in total. The van der Waals surface area contributed by atoms with Gasteiger partial charge in [0, 0.05) is 17.6 Å². The molecular weight excluding hydrogens is 382 g/mol. The van der Waals surface area contributed by atoms with Crippen molar-refractivity contribution in [1.29, 1.82) is 0 Å². The lowest BCUT2D eigenvalue weighted by molar-refractivity contribution is -0.0170. The maximum atomic E-state index is 12.0. The van der Waals surface area contributed by atoms with Crippen molar-refractivity contribution in [3.8, 4) is 0 Å². The number of nitrogens with zero attached hydrogens (tertiary/aromatic N) is 1. The van der Waals surface area contributed by atoms with Gasteiger partial charge in [0.2, 0.25) is 0 Å². The molecule has 1 heterocycles. The molecule has 1 aromatic carbocycles. The first-order valence-corrected chi connectivity index (χ1v) is 8.95. The second-order valence-electron chi connectivity index (χ2n) is 6.73. The van der Waals surface area contributed by atoms with Gasteiger partial charge in [-0.1, -0.05) is 17.7 Å². The summed E-state index contributed by atoms with van der Waals surface area (Å²) in [6, 6.07) is 5.82. The maximum Gasteiger partial charge on any atom is 0.410 e. The Bertz CT molecular complexity index is 551. The van der Waals surface area contributed by atoms with E-state index in [-0.39, 0.29) is 12.2 Å². The average molecular weight is 405 g/mol. The number of likely N-dealkylation sites (tertiary alicyclic amines) is 1. The number of ether oxygens (including phenoxy) is 2. The highest BCUT2D eigenvalue weighted by Crippen LogP contribution is 2.24. The van der Waals surface area contributed by atoms with Gasteiger partial charge in [-0.15, -0.1) is 0 Å². The van der Waals surface area contributed by atoms with Crippen LogP contribution in [0.25, 0.3) is 0 Å². The van der Waals surface area contributed by atoms with Crippen molar-refractivity contribution >= 4 is 33.6 Å². The number of halogens is 2. The number of rotatable bonds is 3. The van der Waals surface area contributed by atoms with Crippen LogP contribution in [0.15, 0.2) is 22.7 Å². The number of carbonyl (C=O) groups is 1. The zero-order chi connectivity index (χ0) is 17.0. The summed E-state index contributed by atoms with van der Waals surface area (Å²) in [7, 11) is 0. The van der Waals surface area contributed by atoms with Crippen LogP contribution < -0.4 is 0 Å². The van der Waals surface area contributed by atoms with Crippen LogP contribution in [-0.4, -0.2) is 35.8 Å². The number of piperidine rings is 1. The van der Waals surface area contributed by atoms with Crippen molar-refractivity contribution in [2.45, 2.75) is 51.9 Å². The molecule has 1 aromatic rings. The molecule has 6 heteroatoms. The molecule has 0 unspecified atom stereocenters. The van der Waals surface area contributed by atoms with Crippen molar-refractivity contribution < 1.29 is 14.3 Å². The van der Waals surface area contributed by atoms with E-state index in [0.29, 0.717) is 24.7 Å². The fraction of sp³-hybridized carbons (Fsp3) is 0.588. The maximum absolute atomic E-state index is 12.0. The molecule has 2 rings (SSSR count). The lowest BCUT2D eigenvalue weighted by Crippen LogP contribution is -2.43. The molecule has 128 valence electrons. The Kier molecular flexibility index (Phi) is 6.34. The zero-order valence-electron chi connectivity index (χ0n) is 13.8. The molecule has 1 aliphatic heterocycles. The van der Waals surface area contributed by atoms with Gasteiger partial charge < -0.3 is 14.4 Å². The lowest BCUT2D eigenvalue weighted by Gasteiger charge is -2.33. The average Bonchev–Trinajstić information content (AvgIpc) is 2.47. The predicted octanol–water partition coefficient (Wildman–Crippen LogP) is 5.02. The smallest absolute Gasteiger partial charge is 0.410 e. The number of benzene rings is 1. The highest BCUT2D eigenvalue weighted by molar-refractivity contribution is 9.10. The summed E-state index contributed by atoms with van der Waals surface area (Å²) < 4.78 is 12.2. The molecule has 0 spiro atoms. The molecule has 0 atom stereocenters. The zero-order valence-corrected chi connectivity index (χ0v) is 16.1. The van der Waals surface area contributed by atoms with Gasteiger partial charge in [0.25, 0.3) is 0 Å². The van der Waals surface area contributed by atoms with E-state index in [4.69, 9.17) is 21.1 Å². The van der Waals surface area contributed by atoms with Crippen LogP contribution in [0.4, 0.5) is 4.79 Å². The minimum Gasteiger partial charge on any atom is -0.444 e. The quantitative estimate of drug-likeness (QED) is 0.710. The van der Waals surface area contributed by atoms with Crippen molar-refractivity contribution in [2.24, 2.45) is 0 Å². The van der Waals surface area contributed by atoms with Crippen LogP contribution in [-0.2, 0) is 16.1 Å². The van der Waals surface area contributed by atoms with E-state index in [0.717, 1.165) is 22.9 Å². The molecule has 1 fully saturated rings. The van der Waals surface area contributed by atoms with Crippen molar-refractivity contribution in [3.05, 3.63) is 33.3 Å². The predicted molar refractivity (Wildman–Crippen MR) is 94.8 cm³/mol. The largest absolute Gasteiger partial charge is 0.444 e. The molecule has 0 radical (unpaired) electrons. The Hall–Kier alpha value is -0.780. The van der Waals surface area contributed by atoms with E-state index < -0.39 is 5.60 Å². The fourth-order valence-electron chi connectivity index (χ4n) is 2.38. The molecule has 23 heavy (non-hydrogen) atoms. The summed E-state index contributed by atoms with van der Waals surface area (Å²) in [5.41, 5.74) is 0.596. The van der Waals surface area contributed by atoms with Crippen LogP contribution in [0.5, 0.6) is 0 Å². The first kappa shape index (κ1) is 18.6. The highest BCUT2D eigenvalue weighted by atomic mass is 79.9. The summed E-state index contributed by atoms with van der Waals surface area (Å²) in [4.78, 5) is 13.8. The third-order valence-corrected chi connectivity index (χ3v) is 4.80. The summed E-state index contributed by atoms with van der Waals surface area (Å²) in [6.07, 6.45) is 1.57.